The van der Waals surface area contributed by atoms with E-state index in [4.69, 9.17) is 4.74 Å². The minimum atomic E-state index is -4.49. The fourth-order valence-corrected chi connectivity index (χ4v) is 7.63. The van der Waals surface area contributed by atoms with Gasteiger partial charge < -0.3 is 14.5 Å². The van der Waals surface area contributed by atoms with Gasteiger partial charge in [-0.3, -0.25) is 4.57 Å². The number of anilines is 4. The molecule has 0 amide bonds. The minimum absolute atomic E-state index is 0.0169. The standard InChI is InChI=1S/C49H49F3N4O/c1-46(2,3)31-21-22-53-45(27-31)56-43-26-32(49(50,51)52)17-19-39(43)40-20-18-38(29-44(40)56)57-37-14-12-13-35(28-37)54-30-55(42-16-11-10-15-41(42)54)36-24-33(47(4,5)6)23-34(25-36)48(7,8)9/h10-29H,30H2,1-9H3. The highest BCUT2D eigenvalue weighted by molar-refractivity contribution is 6.09. The van der Waals surface area contributed by atoms with Crippen LogP contribution in [-0.2, 0) is 22.4 Å². The summed E-state index contributed by atoms with van der Waals surface area (Å²) in [5.41, 5.74) is 8.18. The van der Waals surface area contributed by atoms with Gasteiger partial charge >= 0.3 is 6.18 Å². The molecule has 0 atom stereocenters. The molecule has 5 aromatic carbocycles. The van der Waals surface area contributed by atoms with Crippen molar-refractivity contribution in [3.63, 3.8) is 0 Å². The summed E-state index contributed by atoms with van der Waals surface area (Å²) in [6.07, 6.45) is -2.77. The molecule has 1 aliphatic heterocycles. The Labute approximate surface area is 333 Å². The van der Waals surface area contributed by atoms with E-state index in [0.29, 0.717) is 40.4 Å². The lowest BCUT2D eigenvalue weighted by atomic mass is 9.80. The summed E-state index contributed by atoms with van der Waals surface area (Å²) in [6.45, 7) is 20.5. The van der Waals surface area contributed by atoms with Crippen LogP contribution >= 0.6 is 0 Å². The van der Waals surface area contributed by atoms with Gasteiger partial charge in [0.1, 0.15) is 24.0 Å². The van der Waals surface area contributed by atoms with Crippen molar-refractivity contribution < 1.29 is 17.9 Å². The number of alkyl halides is 3. The molecule has 1 aliphatic rings. The van der Waals surface area contributed by atoms with E-state index in [1.54, 1.807) is 12.3 Å². The topological polar surface area (TPSA) is 33.5 Å². The number of halogens is 3. The molecule has 0 fully saturated rings. The molecule has 0 aliphatic carbocycles. The first kappa shape index (κ1) is 38.1. The Balaban J connectivity index is 1.18. The molecule has 8 heteroatoms. The zero-order valence-electron chi connectivity index (χ0n) is 34.1. The highest BCUT2D eigenvalue weighted by Crippen LogP contribution is 2.47. The van der Waals surface area contributed by atoms with Crippen molar-refractivity contribution in [3.05, 3.63) is 144 Å². The summed E-state index contributed by atoms with van der Waals surface area (Å²) in [5, 5.41) is 1.51. The summed E-state index contributed by atoms with van der Waals surface area (Å²) in [7, 11) is 0. The van der Waals surface area contributed by atoms with E-state index in [1.807, 2.05) is 53.1 Å². The molecule has 0 saturated heterocycles. The van der Waals surface area contributed by atoms with Crippen LogP contribution < -0.4 is 14.5 Å². The Kier molecular flexibility index (Phi) is 8.98. The molecule has 292 valence electrons. The van der Waals surface area contributed by atoms with Gasteiger partial charge in [-0.15, -0.1) is 0 Å². The first-order chi connectivity index (χ1) is 26.8. The van der Waals surface area contributed by atoms with Crippen LogP contribution in [0.2, 0.25) is 0 Å². The zero-order chi connectivity index (χ0) is 40.7. The number of fused-ring (bicyclic) bond motifs is 4. The maximum Gasteiger partial charge on any atom is 0.416 e. The van der Waals surface area contributed by atoms with Crippen LogP contribution in [-0.4, -0.2) is 16.2 Å². The quantitative estimate of drug-likeness (QED) is 0.175. The third-order valence-electron chi connectivity index (χ3n) is 11.0. The Morgan fingerprint density at radius 3 is 1.70 bits per heavy atom. The summed E-state index contributed by atoms with van der Waals surface area (Å²) in [5.74, 6) is 1.74. The Morgan fingerprint density at radius 2 is 1.09 bits per heavy atom. The molecule has 8 rings (SSSR count). The molecule has 0 saturated carbocycles. The first-order valence-corrected chi connectivity index (χ1v) is 19.5. The van der Waals surface area contributed by atoms with Gasteiger partial charge in [-0.05, 0) is 106 Å². The third kappa shape index (κ3) is 7.22. The molecule has 0 radical (unpaired) electrons. The molecule has 5 nitrogen and oxygen atoms in total. The summed E-state index contributed by atoms with van der Waals surface area (Å²) < 4.78 is 50.5. The molecule has 3 heterocycles. The fraction of sp³-hybridized carbons (Fsp3) is 0.286. The van der Waals surface area contributed by atoms with Crippen LogP contribution in [0, 0.1) is 0 Å². The molecular weight excluding hydrogens is 718 g/mol. The SMILES string of the molecule is CC(C)(C)c1cc(N2CN(c3cccc(Oc4ccc5c6ccc(C(F)(F)F)cc6n(-c6cc(C(C)(C)C)ccn6)c5c4)c3)c3ccccc32)cc(C(C)(C)C)c1. The van der Waals surface area contributed by atoms with Crippen molar-refractivity contribution in [2.24, 2.45) is 0 Å². The molecule has 57 heavy (non-hydrogen) atoms. The van der Waals surface area contributed by atoms with E-state index in [1.165, 1.54) is 17.2 Å². The van der Waals surface area contributed by atoms with Crippen molar-refractivity contribution in [3.8, 4) is 17.3 Å². The smallest absolute Gasteiger partial charge is 0.416 e. The van der Waals surface area contributed by atoms with Crippen molar-refractivity contribution >= 4 is 44.6 Å². The maximum absolute atomic E-state index is 14.0. The van der Waals surface area contributed by atoms with Crippen LogP contribution in [0.15, 0.2) is 121 Å². The molecule has 0 spiro atoms. The van der Waals surface area contributed by atoms with Gasteiger partial charge in [0.15, 0.2) is 0 Å². The van der Waals surface area contributed by atoms with Gasteiger partial charge in [0.05, 0.1) is 28.0 Å². The minimum Gasteiger partial charge on any atom is -0.457 e. The van der Waals surface area contributed by atoms with Gasteiger partial charge in [0, 0.05) is 40.5 Å². The van der Waals surface area contributed by atoms with Crippen LogP contribution in [0.3, 0.4) is 0 Å². The van der Waals surface area contributed by atoms with E-state index in [2.05, 4.69) is 126 Å². The average Bonchev–Trinajstić information content (AvgIpc) is 3.69. The molecule has 2 aromatic heterocycles. The predicted molar refractivity (Wildman–Crippen MR) is 228 cm³/mol. The Bertz CT molecular complexity index is 2620. The van der Waals surface area contributed by atoms with Gasteiger partial charge in [-0.1, -0.05) is 92.6 Å². The van der Waals surface area contributed by atoms with Crippen LogP contribution in [0.4, 0.5) is 35.9 Å². The molecule has 0 bridgehead atoms. The number of hydrogen-bond acceptors (Lipinski definition) is 4. The van der Waals surface area contributed by atoms with E-state index >= 15 is 0 Å². The van der Waals surface area contributed by atoms with Crippen molar-refractivity contribution in [2.45, 2.75) is 84.7 Å². The second kappa shape index (κ2) is 13.4. The van der Waals surface area contributed by atoms with Gasteiger partial charge in [-0.25, -0.2) is 4.98 Å². The fourth-order valence-electron chi connectivity index (χ4n) is 7.63. The number of nitrogens with zero attached hydrogens (tertiary/aromatic N) is 4. The number of ether oxygens (including phenoxy) is 1. The van der Waals surface area contributed by atoms with Crippen LogP contribution in [0.5, 0.6) is 11.5 Å². The zero-order valence-corrected chi connectivity index (χ0v) is 34.1. The first-order valence-electron chi connectivity index (χ1n) is 19.5. The van der Waals surface area contributed by atoms with Gasteiger partial charge in [-0.2, -0.15) is 13.2 Å². The lowest BCUT2D eigenvalue weighted by molar-refractivity contribution is -0.137. The molecule has 0 unspecified atom stereocenters. The molecular formula is C49H49F3N4O. The molecule has 0 N–H and O–H groups in total. The van der Waals surface area contributed by atoms with Crippen LogP contribution in [0.1, 0.15) is 84.6 Å². The predicted octanol–water partition coefficient (Wildman–Crippen LogP) is 14.1. The summed E-state index contributed by atoms with van der Waals surface area (Å²) >= 11 is 0. The number of para-hydroxylation sites is 2. The second-order valence-corrected chi connectivity index (χ2v) is 18.3. The highest BCUT2D eigenvalue weighted by Gasteiger charge is 2.32. The van der Waals surface area contributed by atoms with E-state index in [-0.39, 0.29) is 16.2 Å². The monoisotopic (exact) mass is 766 g/mol. The number of aromatic nitrogens is 2. The highest BCUT2D eigenvalue weighted by atomic mass is 19.4. The van der Waals surface area contributed by atoms with Crippen molar-refractivity contribution in [1.82, 2.24) is 9.55 Å². The largest absolute Gasteiger partial charge is 0.457 e. The lowest BCUT2D eigenvalue weighted by Gasteiger charge is -2.29. The van der Waals surface area contributed by atoms with E-state index in [0.717, 1.165) is 39.8 Å². The number of benzene rings is 5. The van der Waals surface area contributed by atoms with E-state index in [9.17, 15) is 13.2 Å². The maximum atomic E-state index is 14.0. The van der Waals surface area contributed by atoms with E-state index < -0.39 is 11.7 Å². The normalized spacial score (nSPS) is 13.8. The summed E-state index contributed by atoms with van der Waals surface area (Å²) in [4.78, 5) is 9.35. The Morgan fingerprint density at radius 1 is 0.509 bits per heavy atom. The lowest BCUT2D eigenvalue weighted by Crippen LogP contribution is -2.25. The van der Waals surface area contributed by atoms with Gasteiger partial charge in [0.25, 0.3) is 0 Å². The average molecular weight is 767 g/mol. The second-order valence-electron chi connectivity index (χ2n) is 18.3. The van der Waals surface area contributed by atoms with Crippen molar-refractivity contribution in [2.75, 3.05) is 16.5 Å². The van der Waals surface area contributed by atoms with Crippen LogP contribution in [0.25, 0.3) is 27.6 Å². The Hall–Kier alpha value is -5.76. The molecule has 7 aromatic rings. The number of hydrogen-bond donors (Lipinski definition) is 0. The van der Waals surface area contributed by atoms with Crippen molar-refractivity contribution in [1.29, 1.82) is 0 Å². The number of rotatable bonds is 5. The summed E-state index contributed by atoms with van der Waals surface area (Å²) in [6, 6.07) is 37.0. The third-order valence-corrected chi connectivity index (χ3v) is 11.0. The van der Waals surface area contributed by atoms with Gasteiger partial charge in [0.2, 0.25) is 0 Å². The number of pyridine rings is 1.